The summed E-state index contributed by atoms with van der Waals surface area (Å²) >= 11 is 7.21. The lowest BCUT2D eigenvalue weighted by atomic mass is 10.1. The predicted octanol–water partition coefficient (Wildman–Crippen LogP) is 5.40. The number of nitrogens with zero attached hydrogens (tertiary/aromatic N) is 1. The summed E-state index contributed by atoms with van der Waals surface area (Å²) in [6.45, 7) is 4.08. The van der Waals surface area contributed by atoms with E-state index in [2.05, 4.69) is 16.4 Å². The van der Waals surface area contributed by atoms with Gasteiger partial charge in [0.25, 0.3) is 0 Å². The van der Waals surface area contributed by atoms with E-state index in [0.717, 1.165) is 16.1 Å². The number of amides is 1. The maximum absolute atomic E-state index is 13.8. The molecule has 1 heterocycles. The molecule has 1 aromatic heterocycles. The first-order valence-electron chi connectivity index (χ1n) is 7.70. The molecule has 25 heavy (non-hydrogen) atoms. The van der Waals surface area contributed by atoms with Crippen LogP contribution in [0.1, 0.15) is 16.8 Å². The number of hydrogen-bond donors (Lipinski definition) is 1. The summed E-state index contributed by atoms with van der Waals surface area (Å²) in [5, 5.41) is 5.23. The van der Waals surface area contributed by atoms with Crippen LogP contribution in [0.25, 0.3) is 10.6 Å². The van der Waals surface area contributed by atoms with Gasteiger partial charge in [-0.1, -0.05) is 41.4 Å². The Morgan fingerprint density at radius 3 is 2.84 bits per heavy atom. The number of nitrogens with one attached hydrogen (secondary N) is 1. The Balaban J connectivity index is 1.73. The molecule has 0 spiro atoms. The van der Waals surface area contributed by atoms with Crippen LogP contribution < -0.4 is 5.32 Å². The Kier molecular flexibility index (Phi) is 5.16. The van der Waals surface area contributed by atoms with Crippen molar-refractivity contribution in [1.82, 2.24) is 4.98 Å². The van der Waals surface area contributed by atoms with Gasteiger partial charge >= 0.3 is 0 Å². The normalized spacial score (nSPS) is 10.7. The average molecular weight is 375 g/mol. The number of benzene rings is 2. The number of rotatable bonds is 4. The molecule has 0 saturated carbocycles. The van der Waals surface area contributed by atoms with Gasteiger partial charge < -0.3 is 5.32 Å². The van der Waals surface area contributed by atoms with E-state index in [-0.39, 0.29) is 23.0 Å². The molecule has 2 aromatic carbocycles. The van der Waals surface area contributed by atoms with Crippen LogP contribution in [0.4, 0.5) is 10.1 Å². The van der Waals surface area contributed by atoms with Gasteiger partial charge in [0.1, 0.15) is 5.01 Å². The fourth-order valence-electron chi connectivity index (χ4n) is 2.52. The molecule has 0 bridgehead atoms. The van der Waals surface area contributed by atoms with Crippen molar-refractivity contribution in [2.45, 2.75) is 20.3 Å². The van der Waals surface area contributed by atoms with Crippen molar-refractivity contribution in [3.63, 3.8) is 0 Å². The van der Waals surface area contributed by atoms with Gasteiger partial charge in [0.05, 0.1) is 22.8 Å². The molecule has 0 aliphatic heterocycles. The third-order valence-electron chi connectivity index (χ3n) is 3.73. The molecule has 3 aromatic rings. The zero-order valence-corrected chi connectivity index (χ0v) is 15.3. The highest BCUT2D eigenvalue weighted by Gasteiger charge is 2.13. The zero-order chi connectivity index (χ0) is 18.0. The van der Waals surface area contributed by atoms with Crippen molar-refractivity contribution in [3.8, 4) is 10.6 Å². The quantitative estimate of drug-likeness (QED) is 0.664. The summed E-state index contributed by atoms with van der Waals surface area (Å²) in [6, 6.07) is 10.7. The van der Waals surface area contributed by atoms with Gasteiger partial charge in [-0.2, -0.15) is 0 Å². The summed E-state index contributed by atoms with van der Waals surface area (Å²) in [5.41, 5.74) is 4.12. The van der Waals surface area contributed by atoms with E-state index in [1.54, 1.807) is 6.07 Å². The Morgan fingerprint density at radius 2 is 2.08 bits per heavy atom. The number of carbonyl (C=O) groups is 1. The molecule has 0 unspecified atom stereocenters. The highest BCUT2D eigenvalue weighted by molar-refractivity contribution is 7.13. The van der Waals surface area contributed by atoms with Gasteiger partial charge in [0, 0.05) is 10.9 Å². The lowest BCUT2D eigenvalue weighted by Gasteiger charge is -2.06. The maximum Gasteiger partial charge on any atom is 0.230 e. The van der Waals surface area contributed by atoms with Crippen LogP contribution in [0, 0.1) is 19.7 Å². The fraction of sp³-hybridized carbons (Fsp3) is 0.158. The van der Waals surface area contributed by atoms with Gasteiger partial charge in [-0.15, -0.1) is 11.3 Å². The molecule has 128 valence electrons. The van der Waals surface area contributed by atoms with Gasteiger partial charge in [-0.25, -0.2) is 9.37 Å². The SMILES string of the molecule is Cc1ccc(-c2nc(CC(=O)Nc3cccc(Cl)c3F)cs2)c(C)c1. The highest BCUT2D eigenvalue weighted by Crippen LogP contribution is 2.28. The van der Waals surface area contributed by atoms with Crippen LogP contribution in [-0.2, 0) is 11.2 Å². The number of hydrogen-bond acceptors (Lipinski definition) is 3. The van der Waals surface area contributed by atoms with Gasteiger partial charge in [0.2, 0.25) is 5.91 Å². The van der Waals surface area contributed by atoms with E-state index in [9.17, 15) is 9.18 Å². The van der Waals surface area contributed by atoms with E-state index in [1.165, 1.54) is 29.0 Å². The molecule has 3 nitrogen and oxygen atoms in total. The van der Waals surface area contributed by atoms with Crippen LogP contribution in [0.2, 0.25) is 5.02 Å². The summed E-state index contributed by atoms with van der Waals surface area (Å²) in [7, 11) is 0. The molecular weight excluding hydrogens is 359 g/mol. The molecule has 0 radical (unpaired) electrons. The largest absolute Gasteiger partial charge is 0.323 e. The summed E-state index contributed by atoms with van der Waals surface area (Å²) in [5.74, 6) is -0.967. The van der Waals surface area contributed by atoms with E-state index in [4.69, 9.17) is 11.6 Å². The first-order valence-corrected chi connectivity index (χ1v) is 8.95. The second-order valence-electron chi connectivity index (χ2n) is 5.79. The van der Waals surface area contributed by atoms with Crippen molar-refractivity contribution in [3.05, 3.63) is 69.4 Å². The Bertz CT molecular complexity index is 939. The smallest absolute Gasteiger partial charge is 0.230 e. The number of carbonyl (C=O) groups excluding carboxylic acids is 1. The minimum Gasteiger partial charge on any atom is -0.323 e. The van der Waals surface area contributed by atoms with Crippen molar-refractivity contribution in [2.24, 2.45) is 0 Å². The summed E-state index contributed by atoms with van der Waals surface area (Å²) in [4.78, 5) is 16.7. The lowest BCUT2D eigenvalue weighted by Crippen LogP contribution is -2.15. The molecule has 0 saturated heterocycles. The Labute approximate surface area is 154 Å². The first-order chi connectivity index (χ1) is 11.9. The van der Waals surface area contributed by atoms with Gasteiger partial charge in [-0.05, 0) is 31.5 Å². The number of halogens is 2. The summed E-state index contributed by atoms with van der Waals surface area (Å²) < 4.78 is 13.8. The number of thiazole rings is 1. The number of aromatic nitrogens is 1. The summed E-state index contributed by atoms with van der Waals surface area (Å²) in [6.07, 6.45) is 0.0767. The molecule has 6 heteroatoms. The minimum absolute atomic E-state index is 0.0245. The third kappa shape index (κ3) is 4.06. The van der Waals surface area contributed by atoms with Crippen LogP contribution in [-0.4, -0.2) is 10.9 Å². The minimum atomic E-state index is -0.633. The van der Waals surface area contributed by atoms with E-state index in [1.807, 2.05) is 31.4 Å². The van der Waals surface area contributed by atoms with Crippen LogP contribution in [0.15, 0.2) is 41.8 Å². The van der Waals surface area contributed by atoms with E-state index < -0.39 is 5.82 Å². The Hall–Kier alpha value is -2.24. The van der Waals surface area contributed by atoms with Crippen LogP contribution >= 0.6 is 22.9 Å². The maximum atomic E-state index is 13.8. The topological polar surface area (TPSA) is 42.0 Å². The number of aryl methyl sites for hydroxylation is 2. The molecule has 1 N–H and O–H groups in total. The van der Waals surface area contributed by atoms with Gasteiger partial charge in [-0.3, -0.25) is 4.79 Å². The van der Waals surface area contributed by atoms with Crippen molar-refractivity contribution >= 4 is 34.5 Å². The van der Waals surface area contributed by atoms with Crippen LogP contribution in [0.3, 0.4) is 0 Å². The monoisotopic (exact) mass is 374 g/mol. The Morgan fingerprint density at radius 1 is 1.28 bits per heavy atom. The third-order valence-corrected chi connectivity index (χ3v) is 4.95. The first kappa shape index (κ1) is 17.6. The molecule has 0 aliphatic carbocycles. The predicted molar refractivity (Wildman–Crippen MR) is 101 cm³/mol. The fourth-order valence-corrected chi connectivity index (χ4v) is 3.61. The molecule has 0 fully saturated rings. The standard InChI is InChI=1S/C19H16ClFN2OS/c1-11-6-7-14(12(2)8-11)19-22-13(10-25-19)9-17(24)23-16-5-3-4-15(20)18(16)21/h3-8,10H,9H2,1-2H3,(H,23,24). The van der Waals surface area contributed by atoms with E-state index >= 15 is 0 Å². The average Bonchev–Trinajstić information content (AvgIpc) is 3.00. The number of anilines is 1. The zero-order valence-electron chi connectivity index (χ0n) is 13.8. The molecule has 0 aliphatic rings. The molecule has 3 rings (SSSR count). The van der Waals surface area contributed by atoms with Crippen molar-refractivity contribution < 1.29 is 9.18 Å². The highest BCUT2D eigenvalue weighted by atomic mass is 35.5. The molecular formula is C19H16ClFN2OS. The second kappa shape index (κ2) is 7.33. The second-order valence-corrected chi connectivity index (χ2v) is 7.05. The molecule has 1 amide bonds. The van der Waals surface area contributed by atoms with Crippen LogP contribution in [0.5, 0.6) is 0 Å². The van der Waals surface area contributed by atoms with Gasteiger partial charge in [0.15, 0.2) is 5.82 Å². The molecule has 0 atom stereocenters. The van der Waals surface area contributed by atoms with Crippen molar-refractivity contribution in [2.75, 3.05) is 5.32 Å². The lowest BCUT2D eigenvalue weighted by molar-refractivity contribution is -0.115. The van der Waals surface area contributed by atoms with Crippen molar-refractivity contribution in [1.29, 1.82) is 0 Å². The van der Waals surface area contributed by atoms with E-state index in [0.29, 0.717) is 5.69 Å².